The fourth-order valence-electron chi connectivity index (χ4n) is 4.56. The van der Waals surface area contributed by atoms with Crippen molar-refractivity contribution in [2.75, 3.05) is 20.2 Å². The van der Waals surface area contributed by atoms with Gasteiger partial charge in [-0.3, -0.25) is 4.90 Å². The van der Waals surface area contributed by atoms with Gasteiger partial charge < -0.3 is 14.8 Å². The van der Waals surface area contributed by atoms with Gasteiger partial charge in [0.2, 0.25) is 5.88 Å². The minimum absolute atomic E-state index is 0.209. The Morgan fingerprint density at radius 2 is 1.84 bits per heavy atom. The zero-order valence-electron chi connectivity index (χ0n) is 18.5. The standard InChI is InChI=1S/C26H28N4O2/c1-17(30-11-3-4-22(31)16-30)18-5-7-19(8-6-18)21-12-23-24(15-29-26(23)28-14-21)20-9-10-25(32-2)27-13-20/h5-10,12-15,17,22,31H,3-4,11,16H2,1-2H3,(H,28,29). The molecule has 1 aliphatic rings. The van der Waals surface area contributed by atoms with Crippen LogP contribution in [0.1, 0.15) is 31.4 Å². The summed E-state index contributed by atoms with van der Waals surface area (Å²) in [7, 11) is 1.62. The molecule has 4 aromatic rings. The average Bonchev–Trinajstić information content (AvgIpc) is 3.27. The van der Waals surface area contributed by atoms with Crippen LogP contribution in [0.4, 0.5) is 0 Å². The van der Waals surface area contributed by atoms with E-state index in [1.807, 2.05) is 30.7 Å². The van der Waals surface area contributed by atoms with Gasteiger partial charge in [-0.2, -0.15) is 0 Å². The number of aromatic amines is 1. The molecule has 2 unspecified atom stereocenters. The molecule has 0 saturated carbocycles. The number of aromatic nitrogens is 3. The number of β-amino-alcohol motifs (C(OH)–C–C–N with tert-alkyl or cyclic N) is 1. The van der Waals surface area contributed by atoms with Crippen LogP contribution in [-0.2, 0) is 0 Å². The lowest BCUT2D eigenvalue weighted by Crippen LogP contribution is -2.39. The number of nitrogens with zero attached hydrogens (tertiary/aromatic N) is 3. The van der Waals surface area contributed by atoms with E-state index in [9.17, 15) is 5.11 Å². The first-order valence-electron chi connectivity index (χ1n) is 11.1. The van der Waals surface area contributed by atoms with E-state index in [-0.39, 0.29) is 6.10 Å². The third-order valence-corrected chi connectivity index (χ3v) is 6.49. The number of aliphatic hydroxyl groups is 1. The Labute approximate surface area is 187 Å². The van der Waals surface area contributed by atoms with Crippen LogP contribution in [0.2, 0.25) is 0 Å². The normalized spacial score (nSPS) is 18.0. The highest BCUT2D eigenvalue weighted by Crippen LogP contribution is 2.32. The van der Waals surface area contributed by atoms with Gasteiger partial charge in [0.15, 0.2) is 0 Å². The number of benzene rings is 1. The number of pyridine rings is 2. The molecule has 164 valence electrons. The molecule has 1 saturated heterocycles. The molecule has 0 radical (unpaired) electrons. The second kappa shape index (κ2) is 8.73. The van der Waals surface area contributed by atoms with Crippen molar-refractivity contribution in [2.45, 2.75) is 31.9 Å². The summed E-state index contributed by atoms with van der Waals surface area (Å²) in [5.74, 6) is 0.598. The number of hydrogen-bond acceptors (Lipinski definition) is 5. The van der Waals surface area contributed by atoms with Crippen molar-refractivity contribution < 1.29 is 9.84 Å². The fourth-order valence-corrected chi connectivity index (χ4v) is 4.56. The minimum atomic E-state index is -0.209. The van der Waals surface area contributed by atoms with Crippen LogP contribution in [0.5, 0.6) is 5.88 Å². The number of nitrogens with one attached hydrogen (secondary N) is 1. The van der Waals surface area contributed by atoms with E-state index in [0.29, 0.717) is 11.9 Å². The van der Waals surface area contributed by atoms with Gasteiger partial charge in [0.1, 0.15) is 5.65 Å². The van der Waals surface area contributed by atoms with Gasteiger partial charge in [-0.25, -0.2) is 9.97 Å². The summed E-state index contributed by atoms with van der Waals surface area (Å²) < 4.78 is 5.17. The largest absolute Gasteiger partial charge is 0.481 e. The van der Waals surface area contributed by atoms with Crippen molar-refractivity contribution in [1.29, 1.82) is 0 Å². The summed E-state index contributed by atoms with van der Waals surface area (Å²) in [5.41, 5.74) is 6.42. The predicted molar refractivity (Wildman–Crippen MR) is 127 cm³/mol. The van der Waals surface area contributed by atoms with Gasteiger partial charge in [0, 0.05) is 59.3 Å². The van der Waals surface area contributed by atoms with Crippen molar-refractivity contribution in [3.05, 3.63) is 66.6 Å². The van der Waals surface area contributed by atoms with Crippen LogP contribution < -0.4 is 4.74 Å². The Morgan fingerprint density at radius 1 is 1.06 bits per heavy atom. The van der Waals surface area contributed by atoms with Crippen LogP contribution in [0.3, 0.4) is 0 Å². The molecule has 0 bridgehead atoms. The number of rotatable bonds is 5. The van der Waals surface area contributed by atoms with Gasteiger partial charge in [-0.05, 0) is 49.6 Å². The molecule has 3 aromatic heterocycles. The van der Waals surface area contributed by atoms with Gasteiger partial charge in [0.05, 0.1) is 13.2 Å². The van der Waals surface area contributed by atoms with Gasteiger partial charge in [-0.15, -0.1) is 0 Å². The summed E-state index contributed by atoms with van der Waals surface area (Å²) in [4.78, 5) is 14.6. The minimum Gasteiger partial charge on any atom is -0.481 e. The molecule has 1 aromatic carbocycles. The van der Waals surface area contributed by atoms with E-state index in [2.05, 4.69) is 57.1 Å². The molecule has 2 atom stereocenters. The van der Waals surface area contributed by atoms with E-state index in [0.717, 1.165) is 59.2 Å². The van der Waals surface area contributed by atoms with Crippen molar-refractivity contribution in [2.24, 2.45) is 0 Å². The SMILES string of the molecule is COc1ccc(-c2c[nH]c3ncc(-c4ccc(C(C)N5CCCC(O)C5)cc4)cc23)cn1. The Morgan fingerprint density at radius 3 is 2.56 bits per heavy atom. The van der Waals surface area contributed by atoms with Crippen LogP contribution >= 0.6 is 0 Å². The maximum Gasteiger partial charge on any atom is 0.212 e. The molecule has 6 nitrogen and oxygen atoms in total. The van der Waals surface area contributed by atoms with Gasteiger partial charge >= 0.3 is 0 Å². The highest BCUT2D eigenvalue weighted by atomic mass is 16.5. The molecule has 0 spiro atoms. The fraction of sp³-hybridized carbons (Fsp3) is 0.308. The third-order valence-electron chi connectivity index (χ3n) is 6.49. The number of ether oxygens (including phenoxy) is 1. The molecule has 6 heteroatoms. The van der Waals surface area contributed by atoms with Crippen molar-refractivity contribution >= 4 is 11.0 Å². The molecule has 1 fully saturated rings. The summed E-state index contributed by atoms with van der Waals surface area (Å²) in [5, 5.41) is 11.1. The molecule has 2 N–H and O–H groups in total. The second-order valence-corrected chi connectivity index (χ2v) is 8.50. The smallest absolute Gasteiger partial charge is 0.212 e. The van der Waals surface area contributed by atoms with Crippen LogP contribution in [0, 0.1) is 0 Å². The Balaban J connectivity index is 1.42. The molecule has 0 aliphatic carbocycles. The first kappa shape index (κ1) is 20.7. The Bertz CT molecular complexity index is 1200. The number of methoxy groups -OCH3 is 1. The third kappa shape index (κ3) is 3.99. The van der Waals surface area contributed by atoms with Gasteiger partial charge in [0.25, 0.3) is 0 Å². The summed E-state index contributed by atoms with van der Waals surface area (Å²) in [6.45, 7) is 4.01. The van der Waals surface area contributed by atoms with Crippen molar-refractivity contribution in [3.63, 3.8) is 0 Å². The van der Waals surface area contributed by atoms with Crippen LogP contribution in [0.25, 0.3) is 33.3 Å². The van der Waals surface area contributed by atoms with Crippen molar-refractivity contribution in [3.8, 4) is 28.1 Å². The molecule has 5 rings (SSSR count). The number of likely N-dealkylation sites (tertiary alicyclic amines) is 1. The topological polar surface area (TPSA) is 74.3 Å². The number of aliphatic hydroxyl groups excluding tert-OH is 1. The summed E-state index contributed by atoms with van der Waals surface area (Å²) >= 11 is 0. The molecular formula is C26H28N4O2. The number of piperidine rings is 1. The number of H-pyrrole nitrogens is 1. The van der Waals surface area contributed by atoms with Crippen LogP contribution in [0.15, 0.2) is 61.1 Å². The second-order valence-electron chi connectivity index (χ2n) is 8.50. The quantitative estimate of drug-likeness (QED) is 0.477. The first-order valence-corrected chi connectivity index (χ1v) is 11.1. The van der Waals surface area contributed by atoms with E-state index in [1.165, 1.54) is 5.56 Å². The zero-order chi connectivity index (χ0) is 22.1. The van der Waals surface area contributed by atoms with Crippen LogP contribution in [-0.4, -0.2) is 51.3 Å². The van der Waals surface area contributed by atoms with Gasteiger partial charge in [-0.1, -0.05) is 24.3 Å². The zero-order valence-corrected chi connectivity index (χ0v) is 18.5. The summed E-state index contributed by atoms with van der Waals surface area (Å²) in [6, 6.07) is 15.1. The lowest BCUT2D eigenvalue weighted by atomic mass is 9.98. The molecular weight excluding hydrogens is 400 g/mol. The first-order chi connectivity index (χ1) is 15.6. The highest BCUT2D eigenvalue weighted by Gasteiger charge is 2.23. The monoisotopic (exact) mass is 428 g/mol. The highest BCUT2D eigenvalue weighted by molar-refractivity contribution is 5.95. The van der Waals surface area contributed by atoms with E-state index in [4.69, 9.17) is 4.74 Å². The Kier molecular flexibility index (Phi) is 5.64. The lowest BCUT2D eigenvalue weighted by Gasteiger charge is -2.35. The van der Waals surface area contributed by atoms with E-state index < -0.39 is 0 Å². The summed E-state index contributed by atoms with van der Waals surface area (Å²) in [6.07, 6.45) is 7.46. The molecule has 1 aliphatic heterocycles. The Hall–Kier alpha value is -3.22. The average molecular weight is 429 g/mol. The molecule has 32 heavy (non-hydrogen) atoms. The molecule has 0 amide bonds. The van der Waals surface area contributed by atoms with E-state index >= 15 is 0 Å². The van der Waals surface area contributed by atoms with Crippen molar-refractivity contribution in [1.82, 2.24) is 19.9 Å². The molecule has 4 heterocycles. The predicted octanol–water partition coefficient (Wildman–Crippen LogP) is 4.82. The van der Waals surface area contributed by atoms with E-state index in [1.54, 1.807) is 7.11 Å². The number of hydrogen-bond donors (Lipinski definition) is 2. The maximum atomic E-state index is 10.0. The maximum absolute atomic E-state index is 10.0. The lowest BCUT2D eigenvalue weighted by molar-refractivity contribution is 0.0504. The number of fused-ring (bicyclic) bond motifs is 1.